The molecule has 0 fully saturated rings. The van der Waals surface area contributed by atoms with Crippen molar-refractivity contribution in [3.63, 3.8) is 0 Å². The summed E-state index contributed by atoms with van der Waals surface area (Å²) < 4.78 is 0. The smallest absolute Gasteiger partial charge is 0.0620 e. The highest BCUT2D eigenvalue weighted by Crippen LogP contribution is 2.26. The van der Waals surface area contributed by atoms with Crippen LogP contribution in [0.5, 0.6) is 0 Å². The number of aryl methyl sites for hydroxylation is 2. The van der Waals surface area contributed by atoms with Crippen molar-refractivity contribution in [2.24, 2.45) is 5.92 Å². The fourth-order valence-corrected chi connectivity index (χ4v) is 2.30. The van der Waals surface area contributed by atoms with Gasteiger partial charge in [-0.25, -0.2) is 0 Å². The molecule has 0 aliphatic heterocycles. The van der Waals surface area contributed by atoms with E-state index in [1.807, 2.05) is 6.07 Å². The summed E-state index contributed by atoms with van der Waals surface area (Å²) >= 11 is 0. The van der Waals surface area contributed by atoms with E-state index >= 15 is 0 Å². The van der Waals surface area contributed by atoms with Crippen LogP contribution in [0.4, 0.5) is 17.1 Å². The third kappa shape index (κ3) is 3.53. The van der Waals surface area contributed by atoms with Gasteiger partial charge in [-0.2, -0.15) is 0 Å². The van der Waals surface area contributed by atoms with Gasteiger partial charge in [-0.1, -0.05) is 26.0 Å². The van der Waals surface area contributed by atoms with Crippen molar-refractivity contribution < 1.29 is 0 Å². The first-order valence-corrected chi connectivity index (χ1v) is 7.18. The molecule has 0 atom stereocenters. The van der Waals surface area contributed by atoms with Gasteiger partial charge in [-0.3, -0.25) is 0 Å². The molecule has 2 aromatic rings. The van der Waals surface area contributed by atoms with Crippen LogP contribution in [-0.2, 0) is 6.42 Å². The van der Waals surface area contributed by atoms with E-state index in [0.29, 0.717) is 5.92 Å². The highest BCUT2D eigenvalue weighted by atomic mass is 14.9. The summed E-state index contributed by atoms with van der Waals surface area (Å²) in [6.45, 7) is 8.66. The van der Waals surface area contributed by atoms with E-state index in [9.17, 15) is 0 Å². The topological polar surface area (TPSA) is 38.0 Å². The highest BCUT2D eigenvalue weighted by molar-refractivity contribution is 5.74. The minimum Gasteiger partial charge on any atom is -0.397 e. The number of rotatable bonds is 4. The first kappa shape index (κ1) is 14.4. The number of benzene rings is 2. The summed E-state index contributed by atoms with van der Waals surface area (Å²) in [5.74, 6) is 0.684. The Morgan fingerprint density at radius 3 is 2.20 bits per heavy atom. The largest absolute Gasteiger partial charge is 0.397 e. The van der Waals surface area contributed by atoms with E-state index in [2.05, 4.69) is 63.3 Å². The van der Waals surface area contributed by atoms with Crippen LogP contribution >= 0.6 is 0 Å². The molecule has 0 aliphatic rings. The average Bonchev–Trinajstić information content (AvgIpc) is 2.37. The van der Waals surface area contributed by atoms with E-state index in [4.69, 9.17) is 5.73 Å². The van der Waals surface area contributed by atoms with Crippen molar-refractivity contribution in [2.45, 2.75) is 34.1 Å². The molecule has 0 aromatic heterocycles. The summed E-state index contributed by atoms with van der Waals surface area (Å²) in [6, 6.07) is 12.7. The predicted octanol–water partition coefficient (Wildman–Crippen LogP) is 4.83. The molecule has 0 spiro atoms. The first-order valence-electron chi connectivity index (χ1n) is 7.18. The van der Waals surface area contributed by atoms with Gasteiger partial charge in [0.2, 0.25) is 0 Å². The zero-order valence-electron chi connectivity index (χ0n) is 12.8. The SMILES string of the molecule is Cc1cc(N)c(Nc2ccc(CC(C)C)cc2)cc1C. The molecule has 2 rings (SSSR count). The lowest BCUT2D eigenvalue weighted by molar-refractivity contribution is 0.647. The van der Waals surface area contributed by atoms with Crippen LogP contribution in [0.2, 0.25) is 0 Å². The molecule has 0 heterocycles. The number of nitrogens with one attached hydrogen (secondary N) is 1. The number of hydrogen-bond acceptors (Lipinski definition) is 2. The molecule has 0 aliphatic carbocycles. The predicted molar refractivity (Wildman–Crippen MR) is 88.6 cm³/mol. The van der Waals surface area contributed by atoms with Crippen molar-refractivity contribution in [2.75, 3.05) is 11.1 Å². The fourth-order valence-electron chi connectivity index (χ4n) is 2.30. The van der Waals surface area contributed by atoms with Crippen LogP contribution in [0.15, 0.2) is 36.4 Å². The third-order valence-electron chi connectivity index (χ3n) is 3.54. The van der Waals surface area contributed by atoms with Gasteiger partial charge in [-0.05, 0) is 67.1 Å². The molecule has 20 heavy (non-hydrogen) atoms. The van der Waals surface area contributed by atoms with Crippen molar-refractivity contribution in [3.05, 3.63) is 53.1 Å². The maximum Gasteiger partial charge on any atom is 0.0620 e. The standard InChI is InChI=1S/C18H24N2/c1-12(2)9-15-5-7-16(8-6-15)20-18-11-14(4)13(3)10-17(18)19/h5-8,10-12,20H,9,19H2,1-4H3. The Labute approximate surface area is 122 Å². The Morgan fingerprint density at radius 1 is 1.00 bits per heavy atom. The molecule has 106 valence electrons. The Bertz CT molecular complexity index is 583. The first-order chi connectivity index (χ1) is 9.45. The van der Waals surface area contributed by atoms with E-state index in [1.165, 1.54) is 16.7 Å². The molecular weight excluding hydrogens is 244 g/mol. The molecule has 0 amide bonds. The van der Waals surface area contributed by atoms with Crippen LogP contribution in [0.25, 0.3) is 0 Å². The molecule has 0 saturated carbocycles. The quantitative estimate of drug-likeness (QED) is 0.780. The lowest BCUT2D eigenvalue weighted by atomic mass is 10.0. The second kappa shape index (κ2) is 6.00. The molecule has 2 aromatic carbocycles. The molecule has 2 heteroatoms. The van der Waals surface area contributed by atoms with Crippen molar-refractivity contribution in [1.29, 1.82) is 0 Å². The highest BCUT2D eigenvalue weighted by Gasteiger charge is 2.04. The molecule has 0 unspecified atom stereocenters. The van der Waals surface area contributed by atoms with Crippen LogP contribution in [0.3, 0.4) is 0 Å². The van der Waals surface area contributed by atoms with Crippen LogP contribution < -0.4 is 11.1 Å². The van der Waals surface area contributed by atoms with Gasteiger partial charge in [0.25, 0.3) is 0 Å². The van der Waals surface area contributed by atoms with Crippen LogP contribution in [0, 0.1) is 19.8 Å². The van der Waals surface area contributed by atoms with Gasteiger partial charge >= 0.3 is 0 Å². The Kier molecular flexibility index (Phi) is 4.33. The van der Waals surface area contributed by atoms with Gasteiger partial charge in [0.1, 0.15) is 0 Å². The molecule has 2 nitrogen and oxygen atoms in total. The van der Waals surface area contributed by atoms with Crippen LogP contribution in [-0.4, -0.2) is 0 Å². The summed E-state index contributed by atoms with van der Waals surface area (Å²) in [7, 11) is 0. The van der Waals surface area contributed by atoms with E-state index in [0.717, 1.165) is 23.5 Å². The number of hydrogen-bond donors (Lipinski definition) is 2. The minimum absolute atomic E-state index is 0.684. The van der Waals surface area contributed by atoms with Gasteiger partial charge in [0.15, 0.2) is 0 Å². The summed E-state index contributed by atoms with van der Waals surface area (Å²) in [5, 5.41) is 3.40. The average molecular weight is 268 g/mol. The van der Waals surface area contributed by atoms with E-state index < -0.39 is 0 Å². The Balaban J connectivity index is 2.16. The van der Waals surface area contributed by atoms with Crippen LogP contribution in [0.1, 0.15) is 30.5 Å². The maximum atomic E-state index is 6.07. The summed E-state index contributed by atoms with van der Waals surface area (Å²) in [4.78, 5) is 0. The maximum absolute atomic E-state index is 6.07. The second-order valence-electron chi connectivity index (χ2n) is 5.94. The molecule has 0 bridgehead atoms. The van der Waals surface area contributed by atoms with Crippen molar-refractivity contribution >= 4 is 17.1 Å². The molecular formula is C18H24N2. The normalized spacial score (nSPS) is 10.8. The van der Waals surface area contributed by atoms with E-state index in [1.54, 1.807) is 0 Å². The van der Waals surface area contributed by atoms with Gasteiger partial charge in [0, 0.05) is 5.69 Å². The molecule has 0 radical (unpaired) electrons. The zero-order chi connectivity index (χ0) is 14.7. The van der Waals surface area contributed by atoms with Gasteiger partial charge in [-0.15, -0.1) is 0 Å². The monoisotopic (exact) mass is 268 g/mol. The minimum atomic E-state index is 0.684. The summed E-state index contributed by atoms with van der Waals surface area (Å²) in [5.41, 5.74) is 12.8. The number of nitrogen functional groups attached to an aromatic ring is 1. The van der Waals surface area contributed by atoms with Gasteiger partial charge in [0.05, 0.1) is 11.4 Å². The fraction of sp³-hybridized carbons (Fsp3) is 0.333. The molecule has 0 saturated heterocycles. The van der Waals surface area contributed by atoms with Crippen molar-refractivity contribution in [1.82, 2.24) is 0 Å². The Hall–Kier alpha value is -1.96. The third-order valence-corrected chi connectivity index (χ3v) is 3.54. The lowest BCUT2D eigenvalue weighted by Gasteiger charge is -2.13. The zero-order valence-corrected chi connectivity index (χ0v) is 12.8. The number of anilines is 3. The van der Waals surface area contributed by atoms with Gasteiger partial charge < -0.3 is 11.1 Å². The van der Waals surface area contributed by atoms with Crippen molar-refractivity contribution in [3.8, 4) is 0 Å². The lowest BCUT2D eigenvalue weighted by Crippen LogP contribution is -1.99. The Morgan fingerprint density at radius 2 is 1.60 bits per heavy atom. The second-order valence-corrected chi connectivity index (χ2v) is 5.94. The van der Waals surface area contributed by atoms with E-state index in [-0.39, 0.29) is 0 Å². The number of nitrogens with two attached hydrogens (primary N) is 1. The molecule has 3 N–H and O–H groups in total. The summed E-state index contributed by atoms with van der Waals surface area (Å²) in [6.07, 6.45) is 1.12.